The van der Waals surface area contributed by atoms with Gasteiger partial charge in [0.2, 0.25) is 53.2 Å². The van der Waals surface area contributed by atoms with E-state index >= 15 is 0 Å². The average Bonchev–Trinajstić information content (AvgIpc) is 3.42. The molecule has 4 aromatic carbocycles. The molecule has 0 aromatic heterocycles. The van der Waals surface area contributed by atoms with Crippen LogP contribution in [0, 0.1) is 0 Å². The van der Waals surface area contributed by atoms with Crippen molar-refractivity contribution in [3.8, 4) is 11.5 Å². The van der Waals surface area contributed by atoms with E-state index in [0.29, 0.717) is 33.7 Å². The number of aromatic hydroxyl groups is 2. The number of carbonyl (C=O) groups is 9. The lowest BCUT2D eigenvalue weighted by Crippen LogP contribution is -2.62. The van der Waals surface area contributed by atoms with E-state index in [2.05, 4.69) is 31.9 Å². The van der Waals surface area contributed by atoms with Crippen molar-refractivity contribution in [2.45, 2.75) is 106 Å². The molecular weight excluding hydrogens is 1090 g/mol. The van der Waals surface area contributed by atoms with Crippen molar-refractivity contribution in [1.29, 1.82) is 0 Å². The Balaban J connectivity index is 1.60. The molecule has 80 heavy (non-hydrogen) atoms. The summed E-state index contributed by atoms with van der Waals surface area (Å²) in [5.74, 6) is -8.63. The van der Waals surface area contributed by atoms with Gasteiger partial charge >= 0.3 is 0 Å². The smallest absolute Gasteiger partial charge is 0.248 e. The minimum Gasteiger partial charge on any atom is -0.508 e. The molecule has 0 spiro atoms. The van der Waals surface area contributed by atoms with E-state index in [1.807, 2.05) is 0 Å². The van der Waals surface area contributed by atoms with Gasteiger partial charge in [0.05, 0.1) is 12.1 Å². The van der Waals surface area contributed by atoms with Crippen molar-refractivity contribution in [1.82, 2.24) is 36.8 Å². The maximum absolute atomic E-state index is 15.0. The van der Waals surface area contributed by atoms with Crippen LogP contribution in [0.3, 0.4) is 0 Å². The Hall–Kier alpha value is -7.42. The number of nitrogens with two attached hydrogens (primary N) is 4. The third-order valence-corrected chi connectivity index (χ3v) is 15.6. The predicted octanol–water partition coefficient (Wildman–Crippen LogP) is -0.426. The summed E-state index contributed by atoms with van der Waals surface area (Å²) in [7, 11) is 3.21. The number of hydrogen-bond donors (Lipinski definition) is 13. The second-order valence-electron chi connectivity index (χ2n) is 19.2. The first-order valence-corrected chi connectivity index (χ1v) is 28.3. The summed E-state index contributed by atoms with van der Waals surface area (Å²) in [6.45, 7) is 1.43. The fourth-order valence-corrected chi connectivity index (χ4v) is 10.8. The van der Waals surface area contributed by atoms with Gasteiger partial charge in [-0.25, -0.2) is 0 Å². The Bertz CT molecular complexity index is 2800. The van der Waals surface area contributed by atoms with E-state index in [9.17, 15) is 58.5 Å². The van der Waals surface area contributed by atoms with Gasteiger partial charge in [0.15, 0.2) is 0 Å². The van der Waals surface area contributed by atoms with Crippen molar-refractivity contribution < 1.29 is 58.5 Å². The van der Waals surface area contributed by atoms with Crippen LogP contribution in [0.5, 0.6) is 11.5 Å². The first kappa shape index (κ1) is 63.4. The maximum atomic E-state index is 15.0. The van der Waals surface area contributed by atoms with Crippen molar-refractivity contribution in [3.05, 3.63) is 130 Å². The molecule has 0 aliphatic carbocycles. The van der Waals surface area contributed by atoms with Crippen LogP contribution in [0.15, 0.2) is 97.1 Å². The summed E-state index contributed by atoms with van der Waals surface area (Å²) in [5, 5.41) is 47.3. The zero-order chi connectivity index (χ0) is 58.6. The van der Waals surface area contributed by atoms with Gasteiger partial charge in [-0.1, -0.05) is 81.7 Å². The van der Waals surface area contributed by atoms with Crippen LogP contribution in [0.1, 0.15) is 58.8 Å². The van der Waals surface area contributed by atoms with Gasteiger partial charge in [-0.05, 0) is 110 Å². The fourth-order valence-electron chi connectivity index (χ4n) is 8.37. The second kappa shape index (κ2) is 30.8. The lowest BCUT2D eigenvalue weighted by Gasteiger charge is -2.33. The Morgan fingerprint density at radius 1 is 0.700 bits per heavy atom. The normalized spacial score (nSPS) is 21.1. The molecule has 1 saturated heterocycles. The van der Waals surface area contributed by atoms with Crippen LogP contribution < -0.4 is 54.8 Å². The van der Waals surface area contributed by atoms with E-state index in [1.165, 1.54) is 86.8 Å². The summed E-state index contributed by atoms with van der Waals surface area (Å²) in [6, 6.07) is 12.3. The molecular formula is C54H68ClN11O12S2. The van der Waals surface area contributed by atoms with E-state index in [-0.39, 0.29) is 73.6 Å². The number of nitrogens with zero attached hydrogens (tertiary/aromatic N) is 1. The van der Waals surface area contributed by atoms with Gasteiger partial charge in [-0.3, -0.25) is 43.2 Å². The number of unbranched alkanes of at least 4 members (excludes halogenated alkanes) is 1. The number of likely N-dealkylation sites (N-methyl/N-ethyl adjacent to an activating group) is 1. The zero-order valence-electron chi connectivity index (χ0n) is 44.0. The zero-order valence-corrected chi connectivity index (χ0v) is 46.4. The Kier molecular flexibility index (Phi) is 24.4. The number of nitrogens with one attached hydrogen (secondary N) is 6. The highest BCUT2D eigenvalue weighted by Gasteiger charge is 2.38. The van der Waals surface area contributed by atoms with Crippen molar-refractivity contribution >= 4 is 86.4 Å². The van der Waals surface area contributed by atoms with Gasteiger partial charge < -0.3 is 75.1 Å². The molecule has 1 aliphatic rings. The number of phenolic OH excluding ortho intramolecular Hbond substituents is 2. The first-order chi connectivity index (χ1) is 38.0. The highest BCUT2D eigenvalue weighted by Crippen LogP contribution is 2.25. The third-order valence-electron chi connectivity index (χ3n) is 13.0. The number of phenols is 2. The summed E-state index contributed by atoms with van der Waals surface area (Å²) >= 11 is 6.07. The molecule has 0 unspecified atom stereocenters. The van der Waals surface area contributed by atoms with Gasteiger partial charge in [-0.2, -0.15) is 0 Å². The van der Waals surface area contributed by atoms with Crippen molar-refractivity contribution in [2.24, 2.45) is 22.9 Å². The summed E-state index contributed by atoms with van der Waals surface area (Å²) in [5.41, 5.74) is 25.6. The minimum atomic E-state index is -1.76. The first-order valence-electron chi connectivity index (χ1n) is 25.5. The second-order valence-corrected chi connectivity index (χ2v) is 22.2. The fraction of sp³-hybridized carbons (Fsp3) is 0.389. The molecule has 430 valence electrons. The molecule has 0 bridgehead atoms. The standard InChI is InChI=1S/C54H68ClN11O12S2/c1-29(67)45-53(77)64-43(50(74)60-39(47(59)71)24-32-10-18-36(68)19-11-32)28-80-79-27-42(63-48(72)38(57)23-30-8-16-35(55)17-9-30)51(75)61-40(25-33-12-20-37(69)21-13-33)49(73)62-41(26-31-6-14-34(15-7-31)46(58)70)54(78)66(2)44(52(76)65-45)5-3-4-22-56/h6-21,29,38-45,67-69H,3-5,22-28,56-57H2,1-2H3,(H2,58,70)(H2,59,71)(H,60,74)(H,61,75)(H,62,73)(H,63,72)(H,64,77)(H,65,76)/t29-,38+,39-,40+,41-,42-,43+,44+,45+/m1/s1. The average molecular weight is 1160 g/mol. The van der Waals surface area contributed by atoms with E-state index in [0.717, 1.165) is 26.5 Å². The van der Waals surface area contributed by atoms with Crippen LogP contribution in [0.4, 0.5) is 0 Å². The van der Waals surface area contributed by atoms with Crippen LogP contribution in [-0.4, -0.2) is 153 Å². The van der Waals surface area contributed by atoms with Gasteiger partial charge in [0.1, 0.15) is 53.8 Å². The molecule has 0 radical (unpaired) electrons. The number of aliphatic hydroxyl groups is 1. The Morgan fingerprint density at radius 2 is 1.24 bits per heavy atom. The number of halogens is 1. The number of hydrogen-bond acceptors (Lipinski definition) is 16. The molecule has 1 aliphatic heterocycles. The number of rotatable bonds is 19. The molecule has 1 heterocycles. The topological polar surface area (TPSA) is 394 Å². The lowest BCUT2D eigenvalue weighted by molar-refractivity contribution is -0.143. The Labute approximate surface area is 475 Å². The highest BCUT2D eigenvalue weighted by molar-refractivity contribution is 8.76. The van der Waals surface area contributed by atoms with Crippen LogP contribution in [-0.2, 0) is 64.0 Å². The molecule has 0 saturated carbocycles. The van der Waals surface area contributed by atoms with E-state index < -0.39 is 108 Å². The predicted molar refractivity (Wildman–Crippen MR) is 302 cm³/mol. The summed E-state index contributed by atoms with van der Waals surface area (Å²) in [4.78, 5) is 127. The quantitative estimate of drug-likeness (QED) is 0.0419. The van der Waals surface area contributed by atoms with E-state index in [4.69, 9.17) is 34.5 Å². The van der Waals surface area contributed by atoms with Crippen molar-refractivity contribution in [3.63, 3.8) is 0 Å². The maximum Gasteiger partial charge on any atom is 0.248 e. The number of carbonyl (C=O) groups excluding carboxylic acids is 9. The molecule has 1 fully saturated rings. The highest BCUT2D eigenvalue weighted by atomic mass is 35.5. The molecule has 26 heteroatoms. The number of amides is 9. The third kappa shape index (κ3) is 19.4. The summed E-state index contributed by atoms with van der Waals surface area (Å²) in [6.07, 6.45) is -1.52. The number of primary amides is 2. The lowest BCUT2D eigenvalue weighted by atomic mass is 9.99. The molecule has 17 N–H and O–H groups in total. The van der Waals surface area contributed by atoms with Crippen molar-refractivity contribution in [2.75, 3.05) is 25.1 Å². The van der Waals surface area contributed by atoms with E-state index in [1.54, 1.807) is 24.3 Å². The SMILES string of the molecule is C[C@@H](O)[C@@H]1NC(=O)[C@H](CCCCN)N(C)C(=O)[C@@H](Cc2ccc(C(N)=O)cc2)NC(=O)[C@H](Cc2ccc(O)cc2)NC(=O)[C@H](NC(=O)[C@@H](N)Cc2ccc(Cl)cc2)CSSC[C@@H](C(=O)N[C@H](Cc2ccc(O)cc2)C(N)=O)NC1=O. The Morgan fingerprint density at radius 3 is 1.81 bits per heavy atom. The monoisotopic (exact) mass is 1160 g/mol. The molecule has 4 aromatic rings. The van der Waals surface area contributed by atoms with Gasteiger partial charge in [-0.15, -0.1) is 0 Å². The molecule has 9 amide bonds. The van der Waals surface area contributed by atoms with Gasteiger partial charge in [0.25, 0.3) is 0 Å². The molecule has 9 atom stereocenters. The summed E-state index contributed by atoms with van der Waals surface area (Å²) < 4.78 is 0. The molecule has 5 rings (SSSR count). The number of aliphatic hydroxyl groups excluding tert-OH is 1. The largest absolute Gasteiger partial charge is 0.508 e. The number of benzene rings is 4. The van der Waals surface area contributed by atoms with Crippen LogP contribution >= 0.6 is 33.2 Å². The van der Waals surface area contributed by atoms with Crippen LogP contribution in [0.25, 0.3) is 0 Å². The molecule has 23 nitrogen and oxygen atoms in total. The van der Waals surface area contributed by atoms with Crippen LogP contribution in [0.2, 0.25) is 5.02 Å². The minimum absolute atomic E-state index is 0.0253. The van der Waals surface area contributed by atoms with Gasteiger partial charge in [0, 0.05) is 48.4 Å².